The Balaban J connectivity index is 2.98. The summed E-state index contributed by atoms with van der Waals surface area (Å²) >= 11 is 3.71. The molecule has 1 rings (SSSR count). The molecular weight excluding hydrogens is 142 g/mol. The maximum Gasteiger partial charge on any atom is 0.358 e. The van der Waals surface area contributed by atoms with Crippen LogP contribution in [-0.2, 0) is 0 Å². The molecule has 0 saturated carbocycles. The van der Waals surface area contributed by atoms with Crippen LogP contribution in [-0.4, -0.2) is 16.2 Å². The van der Waals surface area contributed by atoms with Gasteiger partial charge in [0.05, 0.1) is 0 Å². The first-order valence-electron chi connectivity index (χ1n) is 2.09. The van der Waals surface area contributed by atoms with Gasteiger partial charge in [0.25, 0.3) is 0 Å². The summed E-state index contributed by atoms with van der Waals surface area (Å²) in [5.74, 6) is -1.11. The molecule has 5 heteroatoms. The van der Waals surface area contributed by atoms with E-state index in [0.29, 0.717) is 0 Å². The number of carboxylic acid groups (broad SMARTS) is 1. The first kappa shape index (κ1) is 6.15. The van der Waals surface area contributed by atoms with E-state index >= 15 is 0 Å². The highest BCUT2D eigenvalue weighted by Gasteiger charge is 2.06. The lowest BCUT2D eigenvalue weighted by molar-refractivity contribution is 0.0685. The SMILES string of the molecule is O=C(O)c1cc(S)on1. The first-order valence-corrected chi connectivity index (χ1v) is 2.54. The number of aromatic carboxylic acids is 1. The highest BCUT2D eigenvalue weighted by atomic mass is 32.1. The van der Waals surface area contributed by atoms with E-state index < -0.39 is 5.97 Å². The predicted octanol–water partition coefficient (Wildman–Crippen LogP) is 0.661. The molecule has 0 atom stereocenters. The van der Waals surface area contributed by atoms with Crippen molar-refractivity contribution in [1.29, 1.82) is 0 Å². The number of thiol groups is 1. The third-order valence-electron chi connectivity index (χ3n) is 0.717. The Hall–Kier alpha value is -0.970. The van der Waals surface area contributed by atoms with Crippen molar-refractivity contribution in [3.8, 4) is 0 Å². The summed E-state index contributed by atoms with van der Waals surface area (Å²) in [5.41, 5.74) is -0.125. The Bertz CT molecular complexity index is 231. The third kappa shape index (κ3) is 1.23. The van der Waals surface area contributed by atoms with Crippen molar-refractivity contribution in [3.63, 3.8) is 0 Å². The molecule has 1 aromatic rings. The van der Waals surface area contributed by atoms with Crippen LogP contribution in [0, 0.1) is 0 Å². The summed E-state index contributed by atoms with van der Waals surface area (Å²) in [5, 5.41) is 11.6. The Kier molecular flexibility index (Phi) is 1.44. The first-order chi connectivity index (χ1) is 4.20. The lowest BCUT2D eigenvalue weighted by atomic mass is 10.5. The minimum absolute atomic E-state index is 0.125. The monoisotopic (exact) mass is 145 g/mol. The number of aromatic nitrogens is 1. The molecule has 0 unspecified atom stereocenters. The molecule has 0 aliphatic rings. The van der Waals surface area contributed by atoms with Crippen molar-refractivity contribution in [2.75, 3.05) is 0 Å². The van der Waals surface area contributed by atoms with Gasteiger partial charge in [-0.2, -0.15) is 0 Å². The molecule has 1 N–H and O–H groups in total. The second kappa shape index (κ2) is 2.10. The molecule has 1 heterocycles. The van der Waals surface area contributed by atoms with Crippen LogP contribution in [0.5, 0.6) is 0 Å². The molecule has 0 bridgehead atoms. The standard InChI is InChI=1S/C4H3NO3S/c6-4(7)2-1-3(9)8-5-2/h1,9H,(H,6,7). The van der Waals surface area contributed by atoms with Crippen molar-refractivity contribution in [1.82, 2.24) is 5.16 Å². The van der Waals surface area contributed by atoms with Crippen LogP contribution in [0.2, 0.25) is 0 Å². The maximum absolute atomic E-state index is 10.1. The Morgan fingerprint density at radius 2 is 2.56 bits per heavy atom. The highest BCUT2D eigenvalue weighted by Crippen LogP contribution is 2.06. The number of hydrogen-bond donors (Lipinski definition) is 2. The average molecular weight is 145 g/mol. The van der Waals surface area contributed by atoms with E-state index in [0.717, 1.165) is 0 Å². The molecule has 0 spiro atoms. The molecular formula is C4H3NO3S. The van der Waals surface area contributed by atoms with Gasteiger partial charge in [0.1, 0.15) is 0 Å². The van der Waals surface area contributed by atoms with Gasteiger partial charge in [0.15, 0.2) is 10.8 Å². The fraction of sp³-hybridized carbons (Fsp3) is 0. The number of nitrogens with zero attached hydrogens (tertiary/aromatic N) is 1. The summed E-state index contributed by atoms with van der Waals surface area (Å²) in [6.45, 7) is 0. The minimum atomic E-state index is -1.11. The lowest BCUT2D eigenvalue weighted by Crippen LogP contribution is -1.94. The summed E-state index contributed by atoms with van der Waals surface area (Å²) in [6, 6.07) is 1.23. The molecule has 1 aromatic heterocycles. The van der Waals surface area contributed by atoms with Gasteiger partial charge in [-0.05, 0) is 0 Å². The number of carboxylic acids is 1. The van der Waals surface area contributed by atoms with E-state index in [1.807, 2.05) is 0 Å². The molecule has 0 radical (unpaired) electrons. The van der Waals surface area contributed by atoms with E-state index in [9.17, 15) is 4.79 Å². The molecule has 0 aromatic carbocycles. The molecule has 0 fully saturated rings. The van der Waals surface area contributed by atoms with Crippen LogP contribution in [0.3, 0.4) is 0 Å². The summed E-state index contributed by atoms with van der Waals surface area (Å²) in [7, 11) is 0. The van der Waals surface area contributed by atoms with E-state index in [1.54, 1.807) is 0 Å². The van der Waals surface area contributed by atoms with Crippen molar-refractivity contribution in [3.05, 3.63) is 11.8 Å². The van der Waals surface area contributed by atoms with E-state index in [1.165, 1.54) is 6.07 Å². The zero-order chi connectivity index (χ0) is 6.85. The Morgan fingerprint density at radius 3 is 2.78 bits per heavy atom. The van der Waals surface area contributed by atoms with Crippen molar-refractivity contribution in [2.24, 2.45) is 0 Å². The van der Waals surface area contributed by atoms with Crippen molar-refractivity contribution < 1.29 is 14.4 Å². The van der Waals surface area contributed by atoms with Crippen LogP contribution in [0.25, 0.3) is 0 Å². The normalized spacial score (nSPS) is 9.44. The van der Waals surface area contributed by atoms with Gasteiger partial charge < -0.3 is 9.63 Å². The van der Waals surface area contributed by atoms with Crippen LogP contribution < -0.4 is 0 Å². The smallest absolute Gasteiger partial charge is 0.358 e. The Morgan fingerprint density at radius 1 is 1.89 bits per heavy atom. The summed E-state index contributed by atoms with van der Waals surface area (Å²) in [4.78, 5) is 10.1. The number of rotatable bonds is 1. The molecule has 4 nitrogen and oxygen atoms in total. The van der Waals surface area contributed by atoms with Gasteiger partial charge in [0, 0.05) is 6.07 Å². The van der Waals surface area contributed by atoms with Gasteiger partial charge in [-0.25, -0.2) is 4.79 Å². The van der Waals surface area contributed by atoms with Gasteiger partial charge in [0.2, 0.25) is 0 Å². The topological polar surface area (TPSA) is 63.3 Å². The average Bonchev–Trinajstić information content (AvgIpc) is 2.14. The highest BCUT2D eigenvalue weighted by molar-refractivity contribution is 7.80. The number of hydrogen-bond acceptors (Lipinski definition) is 4. The Labute approximate surface area is 55.9 Å². The second-order valence-corrected chi connectivity index (χ2v) is 1.80. The quantitative estimate of drug-likeness (QED) is 0.570. The van der Waals surface area contributed by atoms with Crippen LogP contribution in [0.1, 0.15) is 10.5 Å². The molecule has 48 valence electrons. The zero-order valence-electron chi connectivity index (χ0n) is 4.24. The molecule has 9 heavy (non-hydrogen) atoms. The molecule has 0 amide bonds. The predicted molar refractivity (Wildman–Crippen MR) is 30.7 cm³/mol. The zero-order valence-corrected chi connectivity index (χ0v) is 5.13. The van der Waals surface area contributed by atoms with E-state index in [-0.39, 0.29) is 10.8 Å². The van der Waals surface area contributed by atoms with E-state index in [2.05, 4.69) is 22.3 Å². The van der Waals surface area contributed by atoms with Gasteiger partial charge in [-0.1, -0.05) is 5.16 Å². The molecule has 0 saturated heterocycles. The second-order valence-electron chi connectivity index (χ2n) is 1.36. The van der Waals surface area contributed by atoms with Gasteiger partial charge in [-0.15, -0.1) is 12.6 Å². The van der Waals surface area contributed by atoms with Crippen molar-refractivity contribution in [2.45, 2.75) is 5.09 Å². The molecule has 0 aliphatic heterocycles. The minimum Gasteiger partial charge on any atom is -0.476 e. The fourth-order valence-electron chi connectivity index (χ4n) is 0.366. The van der Waals surface area contributed by atoms with Gasteiger partial charge >= 0.3 is 5.97 Å². The van der Waals surface area contributed by atoms with Crippen LogP contribution >= 0.6 is 12.6 Å². The summed E-state index contributed by atoms with van der Waals surface area (Å²) in [6.07, 6.45) is 0. The fourth-order valence-corrected chi connectivity index (χ4v) is 0.529. The number of carbonyl (C=O) groups is 1. The van der Waals surface area contributed by atoms with Gasteiger partial charge in [-0.3, -0.25) is 0 Å². The third-order valence-corrected chi connectivity index (χ3v) is 0.928. The van der Waals surface area contributed by atoms with Crippen LogP contribution in [0.4, 0.5) is 0 Å². The van der Waals surface area contributed by atoms with Crippen LogP contribution in [0.15, 0.2) is 15.7 Å². The lowest BCUT2D eigenvalue weighted by Gasteiger charge is -1.75. The molecule has 0 aliphatic carbocycles. The summed E-state index contributed by atoms with van der Waals surface area (Å²) < 4.78 is 4.36. The maximum atomic E-state index is 10.1. The largest absolute Gasteiger partial charge is 0.476 e. The van der Waals surface area contributed by atoms with E-state index in [4.69, 9.17) is 5.11 Å². The van der Waals surface area contributed by atoms with Crippen molar-refractivity contribution >= 4 is 18.6 Å².